The molecule has 1 unspecified atom stereocenters. The summed E-state index contributed by atoms with van der Waals surface area (Å²) >= 11 is 0. The molecule has 0 N–H and O–H groups in total. The van der Waals surface area contributed by atoms with E-state index in [0.717, 1.165) is 16.7 Å². The number of amides is 1. The van der Waals surface area contributed by atoms with E-state index < -0.39 is 10.8 Å². The van der Waals surface area contributed by atoms with Crippen molar-refractivity contribution in [2.45, 2.75) is 19.2 Å². The van der Waals surface area contributed by atoms with Crippen LogP contribution in [0.3, 0.4) is 0 Å². The number of para-hydroxylation sites is 1. The SMILES string of the molecule is COc1ccccc1CN(C)C(=O)CS(=O)Cc1nc(-c2ccc(C)cc2)no1. The summed E-state index contributed by atoms with van der Waals surface area (Å²) in [6, 6.07) is 15.2. The highest BCUT2D eigenvalue weighted by Crippen LogP contribution is 2.19. The molecule has 1 heterocycles. The summed E-state index contributed by atoms with van der Waals surface area (Å²) in [6.45, 7) is 2.37. The molecule has 0 fully saturated rings. The maximum Gasteiger partial charge on any atom is 0.239 e. The first-order chi connectivity index (χ1) is 14.0. The monoisotopic (exact) mass is 413 g/mol. The molecule has 0 saturated heterocycles. The Morgan fingerprint density at radius 3 is 2.62 bits per heavy atom. The molecule has 8 heteroatoms. The predicted molar refractivity (Wildman–Crippen MR) is 111 cm³/mol. The molecular weight excluding hydrogens is 390 g/mol. The largest absolute Gasteiger partial charge is 0.496 e. The molecular formula is C21H23N3O4S. The average molecular weight is 413 g/mol. The molecule has 1 atom stereocenters. The van der Waals surface area contributed by atoms with Gasteiger partial charge in [0.2, 0.25) is 17.6 Å². The minimum atomic E-state index is -1.45. The molecule has 1 aromatic heterocycles. The summed E-state index contributed by atoms with van der Waals surface area (Å²) in [4.78, 5) is 18.2. The molecule has 7 nitrogen and oxygen atoms in total. The van der Waals surface area contributed by atoms with E-state index in [0.29, 0.717) is 18.1 Å². The number of carbonyl (C=O) groups excluding carboxylic acids is 1. The van der Waals surface area contributed by atoms with E-state index in [1.807, 2.05) is 55.5 Å². The fourth-order valence-corrected chi connectivity index (χ4v) is 3.74. The number of benzene rings is 2. The normalized spacial score (nSPS) is 11.8. The van der Waals surface area contributed by atoms with Crippen LogP contribution < -0.4 is 4.74 Å². The molecule has 0 aliphatic rings. The first-order valence-corrected chi connectivity index (χ1v) is 10.6. The molecule has 0 aliphatic carbocycles. The third kappa shape index (κ3) is 5.51. The lowest BCUT2D eigenvalue weighted by Gasteiger charge is -2.18. The second-order valence-corrected chi connectivity index (χ2v) is 8.12. The summed E-state index contributed by atoms with van der Waals surface area (Å²) in [5.41, 5.74) is 2.84. The van der Waals surface area contributed by atoms with Gasteiger partial charge >= 0.3 is 0 Å². The van der Waals surface area contributed by atoms with Crippen LogP contribution in [0.1, 0.15) is 17.0 Å². The van der Waals surface area contributed by atoms with Gasteiger partial charge in [0.1, 0.15) is 17.3 Å². The Labute approximate surface area is 172 Å². The Kier molecular flexibility index (Phi) is 6.77. The van der Waals surface area contributed by atoms with Crippen molar-refractivity contribution in [1.82, 2.24) is 15.0 Å². The number of ether oxygens (including phenoxy) is 1. The third-order valence-corrected chi connectivity index (χ3v) is 5.51. The number of methoxy groups -OCH3 is 1. The summed E-state index contributed by atoms with van der Waals surface area (Å²) in [6.07, 6.45) is 0. The smallest absolute Gasteiger partial charge is 0.239 e. The van der Waals surface area contributed by atoms with Crippen LogP contribution in [0.25, 0.3) is 11.4 Å². The highest BCUT2D eigenvalue weighted by molar-refractivity contribution is 7.84. The predicted octanol–water partition coefficient (Wildman–Crippen LogP) is 2.96. The first-order valence-electron chi connectivity index (χ1n) is 9.06. The summed E-state index contributed by atoms with van der Waals surface area (Å²) in [5, 5.41) is 3.93. The third-order valence-electron chi connectivity index (χ3n) is 4.37. The van der Waals surface area contributed by atoms with E-state index in [9.17, 15) is 9.00 Å². The maximum atomic E-state index is 12.4. The van der Waals surface area contributed by atoms with Gasteiger partial charge < -0.3 is 14.2 Å². The number of hydrogen-bond donors (Lipinski definition) is 0. The maximum absolute atomic E-state index is 12.4. The Morgan fingerprint density at radius 1 is 1.17 bits per heavy atom. The highest BCUT2D eigenvalue weighted by Gasteiger charge is 2.18. The van der Waals surface area contributed by atoms with Crippen molar-refractivity contribution in [2.75, 3.05) is 19.9 Å². The van der Waals surface area contributed by atoms with Crippen LogP contribution in [0.15, 0.2) is 53.1 Å². The summed E-state index contributed by atoms with van der Waals surface area (Å²) in [5.74, 6) is 1.09. The zero-order chi connectivity index (χ0) is 20.8. The van der Waals surface area contributed by atoms with Crippen LogP contribution in [0.2, 0.25) is 0 Å². The molecule has 2 aromatic carbocycles. The van der Waals surface area contributed by atoms with Crippen molar-refractivity contribution in [1.29, 1.82) is 0 Å². The van der Waals surface area contributed by atoms with Crippen molar-refractivity contribution in [2.24, 2.45) is 0 Å². The highest BCUT2D eigenvalue weighted by atomic mass is 32.2. The Bertz CT molecular complexity index is 1000. The van der Waals surface area contributed by atoms with Gasteiger partial charge in [-0.15, -0.1) is 0 Å². The Hall–Kier alpha value is -3.00. The molecule has 0 saturated carbocycles. The van der Waals surface area contributed by atoms with Crippen LogP contribution in [-0.2, 0) is 27.9 Å². The van der Waals surface area contributed by atoms with Gasteiger partial charge in [-0.25, -0.2) is 0 Å². The lowest BCUT2D eigenvalue weighted by Crippen LogP contribution is -2.30. The van der Waals surface area contributed by atoms with Gasteiger partial charge in [0.15, 0.2) is 0 Å². The number of carbonyl (C=O) groups is 1. The van der Waals surface area contributed by atoms with Crippen LogP contribution in [0, 0.1) is 6.92 Å². The van der Waals surface area contributed by atoms with Gasteiger partial charge in [0, 0.05) is 35.5 Å². The lowest BCUT2D eigenvalue weighted by atomic mass is 10.1. The molecule has 0 bridgehead atoms. The van der Waals surface area contributed by atoms with Crippen LogP contribution in [-0.4, -0.2) is 45.1 Å². The van der Waals surface area contributed by atoms with Gasteiger partial charge in [0.05, 0.1) is 7.11 Å². The van der Waals surface area contributed by atoms with E-state index in [1.165, 1.54) is 4.90 Å². The van der Waals surface area contributed by atoms with Gasteiger partial charge in [-0.2, -0.15) is 4.98 Å². The zero-order valence-corrected chi connectivity index (χ0v) is 17.4. The number of aromatic nitrogens is 2. The Morgan fingerprint density at radius 2 is 1.90 bits per heavy atom. The quantitative estimate of drug-likeness (QED) is 0.564. The minimum absolute atomic E-state index is 0.0348. The second-order valence-electron chi connectivity index (χ2n) is 6.67. The van der Waals surface area contributed by atoms with Crippen LogP contribution >= 0.6 is 0 Å². The van der Waals surface area contributed by atoms with Crippen molar-refractivity contribution >= 4 is 16.7 Å². The molecule has 152 valence electrons. The number of nitrogens with zero attached hydrogens (tertiary/aromatic N) is 3. The second kappa shape index (κ2) is 9.47. The van der Waals surface area contributed by atoms with Crippen molar-refractivity contribution < 1.29 is 18.3 Å². The number of hydrogen-bond acceptors (Lipinski definition) is 6. The minimum Gasteiger partial charge on any atom is -0.496 e. The van der Waals surface area contributed by atoms with E-state index >= 15 is 0 Å². The molecule has 3 rings (SSSR count). The molecule has 1 amide bonds. The Balaban J connectivity index is 1.56. The molecule has 3 aromatic rings. The first kappa shape index (κ1) is 20.7. The van der Waals surface area contributed by atoms with Crippen molar-refractivity contribution in [3.8, 4) is 17.1 Å². The van der Waals surface area contributed by atoms with Gasteiger partial charge in [0.25, 0.3) is 0 Å². The lowest BCUT2D eigenvalue weighted by molar-refractivity contribution is -0.127. The van der Waals surface area contributed by atoms with E-state index in [-0.39, 0.29) is 23.3 Å². The number of rotatable bonds is 8. The van der Waals surface area contributed by atoms with Crippen molar-refractivity contribution in [3.63, 3.8) is 0 Å². The topological polar surface area (TPSA) is 85.5 Å². The van der Waals surface area contributed by atoms with Crippen molar-refractivity contribution in [3.05, 3.63) is 65.5 Å². The number of aryl methyl sites for hydroxylation is 1. The molecule has 0 radical (unpaired) electrons. The summed E-state index contributed by atoms with van der Waals surface area (Å²) < 4.78 is 22.9. The van der Waals surface area contributed by atoms with Gasteiger partial charge in [-0.05, 0) is 13.0 Å². The zero-order valence-electron chi connectivity index (χ0n) is 16.6. The van der Waals surface area contributed by atoms with Gasteiger partial charge in [-0.3, -0.25) is 9.00 Å². The fraction of sp³-hybridized carbons (Fsp3) is 0.286. The van der Waals surface area contributed by atoms with Crippen LogP contribution in [0.5, 0.6) is 5.75 Å². The van der Waals surface area contributed by atoms with E-state index in [1.54, 1.807) is 14.2 Å². The van der Waals surface area contributed by atoms with Crippen LogP contribution in [0.4, 0.5) is 0 Å². The molecule has 0 spiro atoms. The van der Waals surface area contributed by atoms with E-state index in [2.05, 4.69) is 10.1 Å². The summed E-state index contributed by atoms with van der Waals surface area (Å²) in [7, 11) is 1.81. The fourth-order valence-electron chi connectivity index (χ4n) is 2.75. The van der Waals surface area contributed by atoms with Gasteiger partial charge in [-0.1, -0.05) is 53.2 Å². The van der Waals surface area contributed by atoms with E-state index in [4.69, 9.17) is 9.26 Å². The average Bonchev–Trinajstić information content (AvgIpc) is 3.17. The standard InChI is InChI=1S/C21H23N3O4S/c1-15-8-10-16(11-9-15)21-22-19(28-23-21)13-29(26)14-20(25)24(2)12-17-6-4-5-7-18(17)27-3/h4-11H,12-14H2,1-3H3. The molecule has 29 heavy (non-hydrogen) atoms. The molecule has 0 aliphatic heterocycles.